The van der Waals surface area contributed by atoms with E-state index in [0.717, 1.165) is 19.4 Å². The van der Waals surface area contributed by atoms with Crippen LogP contribution in [0.4, 0.5) is 0 Å². The van der Waals surface area contributed by atoms with Crippen molar-refractivity contribution in [3.8, 4) is 0 Å². The standard InChI is InChI=1S/C15H28N2O3/c1-4-16(9-6-10-18)15(20)13-7-5-8-17(11-13)14(19)12(2)3/h12-13,18H,4-11H2,1-3H3. The first-order valence-electron chi connectivity index (χ1n) is 7.69. The third kappa shape index (κ3) is 4.47. The molecule has 1 aliphatic heterocycles. The summed E-state index contributed by atoms with van der Waals surface area (Å²) in [5.41, 5.74) is 0. The lowest BCUT2D eigenvalue weighted by Crippen LogP contribution is -2.48. The Kier molecular flexibility index (Phi) is 6.99. The number of carbonyl (C=O) groups excluding carboxylic acids is 2. The van der Waals surface area contributed by atoms with Crippen LogP contribution in [0.5, 0.6) is 0 Å². The maximum absolute atomic E-state index is 12.5. The molecule has 0 aromatic rings. The highest BCUT2D eigenvalue weighted by Crippen LogP contribution is 2.20. The monoisotopic (exact) mass is 284 g/mol. The lowest BCUT2D eigenvalue weighted by atomic mass is 9.95. The van der Waals surface area contributed by atoms with Crippen LogP contribution in [0.2, 0.25) is 0 Å². The Balaban J connectivity index is 2.61. The van der Waals surface area contributed by atoms with Crippen LogP contribution in [0.3, 0.4) is 0 Å². The van der Waals surface area contributed by atoms with Crippen molar-refractivity contribution >= 4 is 11.8 Å². The Bertz CT molecular complexity index is 331. The molecule has 1 saturated heterocycles. The van der Waals surface area contributed by atoms with Crippen molar-refractivity contribution < 1.29 is 14.7 Å². The summed E-state index contributed by atoms with van der Waals surface area (Å²) in [5.74, 6) is 0.175. The molecule has 1 rings (SSSR count). The third-order valence-corrected chi connectivity index (χ3v) is 3.86. The Morgan fingerprint density at radius 1 is 1.40 bits per heavy atom. The molecule has 1 heterocycles. The fourth-order valence-electron chi connectivity index (χ4n) is 2.69. The van der Waals surface area contributed by atoms with E-state index in [-0.39, 0.29) is 30.3 Å². The van der Waals surface area contributed by atoms with E-state index in [2.05, 4.69) is 0 Å². The summed E-state index contributed by atoms with van der Waals surface area (Å²) < 4.78 is 0. The zero-order valence-corrected chi connectivity index (χ0v) is 13.0. The van der Waals surface area contributed by atoms with E-state index < -0.39 is 0 Å². The molecule has 0 saturated carbocycles. The molecule has 0 aromatic carbocycles. The summed E-state index contributed by atoms with van der Waals surface area (Å²) in [4.78, 5) is 28.2. The van der Waals surface area contributed by atoms with E-state index in [4.69, 9.17) is 5.11 Å². The minimum absolute atomic E-state index is 0.0134. The Hall–Kier alpha value is -1.10. The molecule has 0 spiro atoms. The second-order valence-corrected chi connectivity index (χ2v) is 5.77. The van der Waals surface area contributed by atoms with Gasteiger partial charge in [0.1, 0.15) is 0 Å². The Morgan fingerprint density at radius 3 is 2.65 bits per heavy atom. The first kappa shape index (κ1) is 17.0. The van der Waals surface area contributed by atoms with Crippen LogP contribution in [-0.4, -0.2) is 59.5 Å². The highest BCUT2D eigenvalue weighted by atomic mass is 16.3. The largest absolute Gasteiger partial charge is 0.396 e. The lowest BCUT2D eigenvalue weighted by molar-refractivity contribution is -0.142. The van der Waals surface area contributed by atoms with E-state index in [0.29, 0.717) is 26.1 Å². The number of hydrogen-bond acceptors (Lipinski definition) is 3. The van der Waals surface area contributed by atoms with Gasteiger partial charge in [0, 0.05) is 38.7 Å². The smallest absolute Gasteiger partial charge is 0.227 e. The number of aliphatic hydroxyl groups excluding tert-OH is 1. The van der Waals surface area contributed by atoms with E-state index in [1.807, 2.05) is 25.7 Å². The zero-order valence-electron chi connectivity index (χ0n) is 13.0. The molecule has 5 nitrogen and oxygen atoms in total. The zero-order chi connectivity index (χ0) is 15.1. The van der Waals surface area contributed by atoms with Gasteiger partial charge in [-0.2, -0.15) is 0 Å². The fourth-order valence-corrected chi connectivity index (χ4v) is 2.69. The number of nitrogens with zero attached hydrogens (tertiary/aromatic N) is 2. The number of hydrogen-bond donors (Lipinski definition) is 1. The molecule has 1 fully saturated rings. The maximum Gasteiger partial charge on any atom is 0.227 e. The van der Waals surface area contributed by atoms with Gasteiger partial charge in [0.25, 0.3) is 0 Å². The van der Waals surface area contributed by atoms with E-state index in [9.17, 15) is 9.59 Å². The molecule has 5 heteroatoms. The molecule has 0 aromatic heterocycles. The van der Waals surface area contributed by atoms with Gasteiger partial charge in [-0.15, -0.1) is 0 Å². The average molecular weight is 284 g/mol. The van der Waals surface area contributed by atoms with Gasteiger partial charge >= 0.3 is 0 Å². The van der Waals surface area contributed by atoms with Gasteiger partial charge in [-0.3, -0.25) is 9.59 Å². The van der Waals surface area contributed by atoms with Crippen molar-refractivity contribution in [1.82, 2.24) is 9.80 Å². The summed E-state index contributed by atoms with van der Waals surface area (Å²) in [5, 5.41) is 8.89. The van der Waals surface area contributed by atoms with Gasteiger partial charge in [-0.25, -0.2) is 0 Å². The molecular formula is C15H28N2O3. The van der Waals surface area contributed by atoms with Crippen LogP contribution in [-0.2, 0) is 9.59 Å². The van der Waals surface area contributed by atoms with Gasteiger partial charge in [-0.1, -0.05) is 13.8 Å². The quantitative estimate of drug-likeness (QED) is 0.795. The van der Waals surface area contributed by atoms with Crippen LogP contribution in [0.25, 0.3) is 0 Å². The van der Waals surface area contributed by atoms with Crippen LogP contribution in [0, 0.1) is 11.8 Å². The Morgan fingerprint density at radius 2 is 2.10 bits per heavy atom. The SMILES string of the molecule is CCN(CCCO)C(=O)C1CCCN(C(=O)C(C)C)C1. The molecule has 1 N–H and O–H groups in total. The number of likely N-dealkylation sites (tertiary alicyclic amines) is 1. The number of amides is 2. The fraction of sp³-hybridized carbons (Fsp3) is 0.867. The van der Waals surface area contributed by atoms with E-state index >= 15 is 0 Å². The van der Waals surface area contributed by atoms with E-state index in [1.165, 1.54) is 0 Å². The third-order valence-electron chi connectivity index (χ3n) is 3.86. The molecule has 2 amide bonds. The van der Waals surface area contributed by atoms with Gasteiger partial charge in [-0.05, 0) is 26.2 Å². The number of rotatable bonds is 6. The highest BCUT2D eigenvalue weighted by Gasteiger charge is 2.31. The predicted octanol–water partition coefficient (Wildman–Crippen LogP) is 1.11. The summed E-state index contributed by atoms with van der Waals surface area (Å²) >= 11 is 0. The molecule has 0 aliphatic carbocycles. The van der Waals surface area contributed by atoms with Crippen molar-refractivity contribution in [2.75, 3.05) is 32.8 Å². The van der Waals surface area contributed by atoms with Crippen molar-refractivity contribution in [2.45, 2.75) is 40.0 Å². The highest BCUT2D eigenvalue weighted by molar-refractivity contribution is 5.82. The normalized spacial score (nSPS) is 19.2. The molecular weight excluding hydrogens is 256 g/mol. The van der Waals surface area contributed by atoms with Gasteiger partial charge < -0.3 is 14.9 Å². The van der Waals surface area contributed by atoms with Crippen molar-refractivity contribution in [1.29, 1.82) is 0 Å². The minimum Gasteiger partial charge on any atom is -0.396 e. The van der Waals surface area contributed by atoms with Crippen molar-refractivity contribution in [2.24, 2.45) is 11.8 Å². The summed E-state index contributed by atoms with van der Waals surface area (Å²) in [6.45, 7) is 8.42. The predicted molar refractivity (Wildman–Crippen MR) is 78.1 cm³/mol. The molecule has 1 atom stereocenters. The van der Waals surface area contributed by atoms with Crippen LogP contribution in [0.1, 0.15) is 40.0 Å². The minimum atomic E-state index is -0.0786. The van der Waals surface area contributed by atoms with Gasteiger partial charge in [0.2, 0.25) is 11.8 Å². The number of aliphatic hydroxyl groups is 1. The van der Waals surface area contributed by atoms with E-state index in [1.54, 1.807) is 4.90 Å². The number of carbonyl (C=O) groups is 2. The van der Waals surface area contributed by atoms with Crippen LogP contribution < -0.4 is 0 Å². The van der Waals surface area contributed by atoms with Crippen LogP contribution >= 0.6 is 0 Å². The van der Waals surface area contributed by atoms with Crippen LogP contribution in [0.15, 0.2) is 0 Å². The van der Waals surface area contributed by atoms with Gasteiger partial charge in [0.05, 0.1) is 5.92 Å². The molecule has 1 unspecified atom stereocenters. The van der Waals surface area contributed by atoms with Gasteiger partial charge in [0.15, 0.2) is 0 Å². The Labute approximate surface area is 121 Å². The first-order chi connectivity index (χ1) is 9.51. The molecule has 1 aliphatic rings. The lowest BCUT2D eigenvalue weighted by Gasteiger charge is -2.35. The topological polar surface area (TPSA) is 60.9 Å². The first-order valence-corrected chi connectivity index (χ1v) is 7.69. The second-order valence-electron chi connectivity index (χ2n) is 5.77. The van der Waals surface area contributed by atoms with Crippen molar-refractivity contribution in [3.63, 3.8) is 0 Å². The molecule has 0 bridgehead atoms. The molecule has 20 heavy (non-hydrogen) atoms. The maximum atomic E-state index is 12.5. The summed E-state index contributed by atoms with van der Waals surface area (Å²) in [6, 6.07) is 0. The molecule has 0 radical (unpaired) electrons. The second kappa shape index (κ2) is 8.25. The average Bonchev–Trinajstić information content (AvgIpc) is 2.47. The van der Waals surface area contributed by atoms with Crippen molar-refractivity contribution in [3.05, 3.63) is 0 Å². The molecule has 116 valence electrons. The summed E-state index contributed by atoms with van der Waals surface area (Å²) in [7, 11) is 0. The number of piperidine rings is 1. The summed E-state index contributed by atoms with van der Waals surface area (Å²) in [6.07, 6.45) is 2.36.